The normalized spacial score (nSPS) is 14.0. The fourth-order valence-corrected chi connectivity index (χ4v) is 3.77. The van der Waals surface area contributed by atoms with Crippen LogP contribution in [0.5, 0.6) is 0 Å². The van der Waals surface area contributed by atoms with E-state index in [1.807, 2.05) is 0 Å². The molecule has 1 atom stereocenters. The lowest BCUT2D eigenvalue weighted by atomic mass is 10.2. The zero-order valence-electron chi connectivity index (χ0n) is 24.4. The number of hydrogen-bond acceptors (Lipinski definition) is 6. The van der Waals surface area contributed by atoms with Gasteiger partial charge in [-0.15, -0.1) is 0 Å². The van der Waals surface area contributed by atoms with E-state index in [2.05, 4.69) is 66.2 Å². The lowest BCUT2D eigenvalue weighted by Crippen LogP contribution is -2.34. The fourth-order valence-electron chi connectivity index (χ4n) is 3.05. The fraction of sp³-hybridized carbons (Fsp3) is 0.655. The van der Waals surface area contributed by atoms with E-state index in [-0.39, 0.29) is 32.2 Å². The van der Waals surface area contributed by atoms with Crippen molar-refractivity contribution >= 4 is 19.8 Å². The van der Waals surface area contributed by atoms with Gasteiger partial charge in [0.15, 0.2) is 0 Å². The number of hydrogen-bond donors (Lipinski definition) is 3. The number of phosphoric ester groups is 1. The molecule has 0 aromatic heterocycles. The molecule has 0 radical (unpaired) electrons. The second-order valence-corrected chi connectivity index (χ2v) is 11.3. The number of alkyl carbamates (subject to hydrolysis) is 1. The third-order valence-electron chi connectivity index (χ3n) is 4.94. The monoisotopic (exact) mass is 570 g/mol. The molecule has 224 valence electrons. The minimum absolute atomic E-state index is 0.0149. The minimum Gasteiger partial charge on any atom is -0.444 e. The lowest BCUT2D eigenvalue weighted by molar-refractivity contribution is -0.121. The van der Waals surface area contributed by atoms with E-state index in [4.69, 9.17) is 13.8 Å². The number of allylic oxidation sites excluding steroid dienone is 8. The molecule has 2 amide bonds. The average molecular weight is 571 g/mol. The molecule has 0 heterocycles. The number of amides is 2. The van der Waals surface area contributed by atoms with E-state index in [9.17, 15) is 19.0 Å². The summed E-state index contributed by atoms with van der Waals surface area (Å²) < 4.78 is 26.4. The second-order valence-electron chi connectivity index (χ2n) is 9.89. The molecular weight excluding hydrogens is 519 g/mol. The highest BCUT2D eigenvalue weighted by Gasteiger charge is 2.21. The third-order valence-corrected chi connectivity index (χ3v) is 5.95. The summed E-state index contributed by atoms with van der Waals surface area (Å²) in [7, 11) is -4.27. The molecule has 0 bridgehead atoms. The van der Waals surface area contributed by atoms with Gasteiger partial charge in [0.25, 0.3) is 0 Å². The summed E-state index contributed by atoms with van der Waals surface area (Å²) >= 11 is 0. The van der Waals surface area contributed by atoms with E-state index in [0.29, 0.717) is 12.8 Å². The summed E-state index contributed by atoms with van der Waals surface area (Å²) in [6.07, 6.45) is 26.4. The van der Waals surface area contributed by atoms with Crippen LogP contribution in [0.3, 0.4) is 0 Å². The maximum absolute atomic E-state index is 11.9. The maximum Gasteiger partial charge on any atom is 0.472 e. The van der Waals surface area contributed by atoms with Crippen molar-refractivity contribution in [2.24, 2.45) is 0 Å². The zero-order valence-corrected chi connectivity index (χ0v) is 25.3. The Morgan fingerprint density at radius 2 is 1.26 bits per heavy atom. The number of nitrogens with one attached hydrogen (secondary N) is 2. The van der Waals surface area contributed by atoms with Crippen molar-refractivity contribution in [3.05, 3.63) is 48.6 Å². The van der Waals surface area contributed by atoms with Crippen LogP contribution in [0.1, 0.15) is 91.9 Å². The molecular formula is C29H51N2O7P. The highest BCUT2D eigenvalue weighted by molar-refractivity contribution is 7.47. The molecule has 0 fully saturated rings. The van der Waals surface area contributed by atoms with Crippen molar-refractivity contribution < 1.29 is 32.8 Å². The molecule has 0 aliphatic heterocycles. The van der Waals surface area contributed by atoms with Gasteiger partial charge in [0.05, 0.1) is 13.2 Å². The van der Waals surface area contributed by atoms with E-state index < -0.39 is 19.5 Å². The first-order chi connectivity index (χ1) is 18.6. The van der Waals surface area contributed by atoms with Gasteiger partial charge in [-0.25, -0.2) is 9.36 Å². The van der Waals surface area contributed by atoms with Gasteiger partial charge < -0.3 is 20.3 Å². The molecule has 0 rings (SSSR count). The second kappa shape index (κ2) is 23.7. The summed E-state index contributed by atoms with van der Waals surface area (Å²) in [6, 6.07) is 0. The van der Waals surface area contributed by atoms with Gasteiger partial charge in [-0.3, -0.25) is 13.8 Å². The van der Waals surface area contributed by atoms with E-state index in [0.717, 1.165) is 25.7 Å². The first kappa shape index (κ1) is 36.8. The van der Waals surface area contributed by atoms with Crippen LogP contribution in [0.2, 0.25) is 0 Å². The minimum atomic E-state index is -4.27. The largest absolute Gasteiger partial charge is 0.472 e. The van der Waals surface area contributed by atoms with Gasteiger partial charge >= 0.3 is 13.9 Å². The molecule has 0 aliphatic rings. The Labute approximate surface area is 235 Å². The number of unbranched alkanes of at least 4 members (excludes halogenated alkanes) is 4. The van der Waals surface area contributed by atoms with E-state index in [1.54, 1.807) is 20.8 Å². The van der Waals surface area contributed by atoms with Crippen molar-refractivity contribution in [3.63, 3.8) is 0 Å². The van der Waals surface area contributed by atoms with E-state index in [1.165, 1.54) is 25.7 Å². The van der Waals surface area contributed by atoms with Crippen LogP contribution in [0.4, 0.5) is 4.79 Å². The quantitative estimate of drug-likeness (QED) is 0.0734. The number of carbonyl (C=O) groups excluding carboxylic acids is 2. The van der Waals surface area contributed by atoms with Crippen molar-refractivity contribution in [2.45, 2.75) is 97.5 Å². The molecule has 9 nitrogen and oxygen atoms in total. The standard InChI is InChI=1S/C29H51N2O7P/c1-5-6-7-8-9-10-11-12-13-14-15-16-17-18-19-20-21-22-27(32)30-23-25-36-39(34,35)37-26-24-31-28(33)38-29(2,3)4/h9-10,12-13,15-16,18-19H,5-8,11,14,17,20-26H2,1-4H3,(H,30,32)(H,31,33)(H,34,35)/b10-9-,13-12-,16-15-,19-18-. The molecule has 0 spiro atoms. The Morgan fingerprint density at radius 1 is 0.769 bits per heavy atom. The van der Waals surface area contributed by atoms with Gasteiger partial charge in [-0.1, -0.05) is 68.4 Å². The van der Waals surface area contributed by atoms with Crippen molar-refractivity contribution in [1.29, 1.82) is 0 Å². The highest BCUT2D eigenvalue weighted by Crippen LogP contribution is 2.42. The van der Waals surface area contributed by atoms with Crippen LogP contribution in [-0.4, -0.2) is 48.8 Å². The van der Waals surface area contributed by atoms with Gasteiger partial charge in [0.1, 0.15) is 5.60 Å². The molecule has 0 saturated heterocycles. The predicted octanol–water partition coefficient (Wildman–Crippen LogP) is 6.91. The summed E-state index contributed by atoms with van der Waals surface area (Å²) in [4.78, 5) is 33.0. The van der Waals surface area contributed by atoms with Crippen LogP contribution in [0.15, 0.2) is 48.6 Å². The third kappa shape index (κ3) is 28.6. The van der Waals surface area contributed by atoms with Gasteiger partial charge in [-0.2, -0.15) is 0 Å². The van der Waals surface area contributed by atoms with Crippen LogP contribution in [0, 0.1) is 0 Å². The summed E-state index contributed by atoms with van der Waals surface area (Å²) in [5.41, 5.74) is -0.637. The van der Waals surface area contributed by atoms with Crippen molar-refractivity contribution in [3.8, 4) is 0 Å². The molecule has 10 heteroatoms. The highest BCUT2D eigenvalue weighted by atomic mass is 31.2. The molecule has 1 unspecified atom stereocenters. The van der Waals surface area contributed by atoms with Gasteiger partial charge in [0.2, 0.25) is 5.91 Å². The molecule has 0 saturated carbocycles. The number of ether oxygens (including phenoxy) is 1. The summed E-state index contributed by atoms with van der Waals surface area (Å²) in [6.45, 7) is 7.08. The maximum atomic E-state index is 11.9. The number of phosphoric acid groups is 1. The first-order valence-corrected chi connectivity index (χ1v) is 15.5. The SMILES string of the molecule is CCCCC/C=C\C/C=C\C/C=C\C/C=C\CCCC(=O)NCCOP(=O)(O)OCCNC(=O)OC(C)(C)C. The van der Waals surface area contributed by atoms with E-state index >= 15 is 0 Å². The zero-order chi connectivity index (χ0) is 29.2. The smallest absolute Gasteiger partial charge is 0.444 e. The Balaban J connectivity index is 3.70. The topological polar surface area (TPSA) is 123 Å². The van der Waals surface area contributed by atoms with Gasteiger partial charge in [0, 0.05) is 19.5 Å². The average Bonchev–Trinajstić information content (AvgIpc) is 2.85. The number of carbonyl (C=O) groups is 2. The Morgan fingerprint density at radius 3 is 1.77 bits per heavy atom. The lowest BCUT2D eigenvalue weighted by Gasteiger charge is -2.19. The first-order valence-electron chi connectivity index (χ1n) is 14.0. The van der Waals surface area contributed by atoms with Crippen LogP contribution in [0.25, 0.3) is 0 Å². The predicted molar refractivity (Wildman–Crippen MR) is 157 cm³/mol. The number of rotatable bonds is 22. The van der Waals surface area contributed by atoms with Crippen LogP contribution >= 0.6 is 7.82 Å². The summed E-state index contributed by atoms with van der Waals surface area (Å²) in [5, 5.41) is 5.05. The van der Waals surface area contributed by atoms with Crippen LogP contribution < -0.4 is 10.6 Å². The van der Waals surface area contributed by atoms with Crippen molar-refractivity contribution in [1.82, 2.24) is 10.6 Å². The Hall–Kier alpha value is -2.19. The Bertz CT molecular complexity index is 817. The van der Waals surface area contributed by atoms with Gasteiger partial charge in [-0.05, 0) is 65.7 Å². The Kier molecular flexibility index (Phi) is 22.3. The van der Waals surface area contributed by atoms with Crippen LogP contribution in [-0.2, 0) is 23.1 Å². The molecule has 3 N–H and O–H groups in total. The molecule has 39 heavy (non-hydrogen) atoms. The molecule has 0 aliphatic carbocycles. The summed E-state index contributed by atoms with van der Waals surface area (Å²) in [5.74, 6) is -0.148. The van der Waals surface area contributed by atoms with Crippen molar-refractivity contribution in [2.75, 3.05) is 26.3 Å². The molecule has 0 aromatic carbocycles. The molecule has 0 aromatic rings.